The third kappa shape index (κ3) is 1.85. The van der Waals surface area contributed by atoms with E-state index in [1.54, 1.807) is 13.0 Å². The Morgan fingerprint density at radius 1 is 1.33 bits per heavy atom. The molecule has 2 saturated heterocycles. The lowest BCUT2D eigenvalue weighted by Gasteiger charge is -2.25. The van der Waals surface area contributed by atoms with E-state index in [0.29, 0.717) is 12.8 Å². The maximum absolute atomic E-state index is 12.0. The molecule has 0 radical (unpaired) electrons. The van der Waals surface area contributed by atoms with Gasteiger partial charge < -0.3 is 19.3 Å². The maximum atomic E-state index is 12.0. The molecule has 6 heteroatoms. The van der Waals surface area contributed by atoms with Gasteiger partial charge in [0.05, 0.1) is 29.3 Å². The van der Waals surface area contributed by atoms with E-state index in [4.69, 9.17) is 14.2 Å². The van der Waals surface area contributed by atoms with Gasteiger partial charge in [-0.1, -0.05) is 6.92 Å². The van der Waals surface area contributed by atoms with Gasteiger partial charge in [0, 0.05) is 18.8 Å². The number of carbonyl (C=O) groups excluding carboxylic acids is 2. The molecule has 0 amide bonds. The van der Waals surface area contributed by atoms with Crippen molar-refractivity contribution in [3.05, 3.63) is 11.6 Å². The SMILES string of the molecule is CC1C(=O)OC2CC3(C)OC3CC(O)C3=CC(OC3=O)C21. The van der Waals surface area contributed by atoms with Crippen LogP contribution in [0.25, 0.3) is 0 Å². The lowest BCUT2D eigenvalue weighted by molar-refractivity contribution is -0.144. The summed E-state index contributed by atoms with van der Waals surface area (Å²) in [6.45, 7) is 3.75. The lowest BCUT2D eigenvalue weighted by Crippen LogP contribution is -2.35. The van der Waals surface area contributed by atoms with Gasteiger partial charge in [0.15, 0.2) is 0 Å². The fraction of sp³-hybridized carbons (Fsp3) is 0.733. The smallest absolute Gasteiger partial charge is 0.337 e. The van der Waals surface area contributed by atoms with Crippen LogP contribution >= 0.6 is 0 Å². The largest absolute Gasteiger partial charge is 0.462 e. The fourth-order valence-electron chi connectivity index (χ4n) is 3.89. The standard InChI is InChI=1S/C15H18O6/c1-6-12-9-3-7(14(18)19-9)8(16)4-11-15(2,21-11)5-10(12)20-13(6)17/h3,6,8-12,16H,4-5H2,1-2H3. The molecule has 4 aliphatic rings. The molecule has 6 nitrogen and oxygen atoms in total. The van der Waals surface area contributed by atoms with Crippen molar-refractivity contribution in [3.63, 3.8) is 0 Å². The molecule has 2 bridgehead atoms. The first-order valence-electron chi connectivity index (χ1n) is 7.38. The molecule has 114 valence electrons. The predicted molar refractivity (Wildman–Crippen MR) is 69.0 cm³/mol. The molecule has 3 heterocycles. The van der Waals surface area contributed by atoms with Crippen LogP contribution < -0.4 is 0 Å². The zero-order valence-electron chi connectivity index (χ0n) is 11.9. The molecule has 0 spiro atoms. The van der Waals surface area contributed by atoms with Crippen molar-refractivity contribution in [3.8, 4) is 0 Å². The number of fused-ring (bicyclic) bond motifs is 4. The van der Waals surface area contributed by atoms with Gasteiger partial charge in [0.25, 0.3) is 0 Å². The summed E-state index contributed by atoms with van der Waals surface area (Å²) in [6, 6.07) is 0. The molecule has 3 aliphatic heterocycles. The monoisotopic (exact) mass is 294 g/mol. The lowest BCUT2D eigenvalue weighted by atomic mass is 9.81. The fourth-order valence-corrected chi connectivity index (χ4v) is 3.89. The van der Waals surface area contributed by atoms with Gasteiger partial charge in [0.2, 0.25) is 0 Å². The summed E-state index contributed by atoms with van der Waals surface area (Å²) in [5.41, 5.74) is -0.112. The Balaban J connectivity index is 1.74. The first-order chi connectivity index (χ1) is 9.89. The van der Waals surface area contributed by atoms with Gasteiger partial charge in [-0.2, -0.15) is 0 Å². The Morgan fingerprint density at radius 3 is 2.86 bits per heavy atom. The minimum Gasteiger partial charge on any atom is -0.462 e. The van der Waals surface area contributed by atoms with Crippen molar-refractivity contribution >= 4 is 11.9 Å². The van der Waals surface area contributed by atoms with Crippen molar-refractivity contribution in [2.24, 2.45) is 11.8 Å². The van der Waals surface area contributed by atoms with Crippen LogP contribution in [0.15, 0.2) is 11.6 Å². The molecule has 21 heavy (non-hydrogen) atoms. The molecule has 1 aliphatic carbocycles. The highest BCUT2D eigenvalue weighted by atomic mass is 16.6. The molecule has 0 aromatic carbocycles. The van der Waals surface area contributed by atoms with Crippen LogP contribution in [-0.2, 0) is 23.8 Å². The number of aliphatic hydroxyl groups excluding tert-OH is 1. The first-order valence-corrected chi connectivity index (χ1v) is 7.38. The summed E-state index contributed by atoms with van der Waals surface area (Å²) in [4.78, 5) is 23.9. The summed E-state index contributed by atoms with van der Waals surface area (Å²) < 4.78 is 16.6. The van der Waals surface area contributed by atoms with Crippen LogP contribution in [0, 0.1) is 11.8 Å². The van der Waals surface area contributed by atoms with E-state index in [1.807, 2.05) is 6.92 Å². The highest BCUT2D eigenvalue weighted by Gasteiger charge is 2.60. The number of hydrogen-bond donors (Lipinski definition) is 1. The molecule has 0 aromatic rings. The van der Waals surface area contributed by atoms with E-state index in [0.717, 1.165) is 0 Å². The second-order valence-electron chi connectivity index (χ2n) is 6.71. The van der Waals surface area contributed by atoms with E-state index >= 15 is 0 Å². The number of rotatable bonds is 0. The van der Waals surface area contributed by atoms with Crippen molar-refractivity contribution in [2.75, 3.05) is 0 Å². The normalized spacial score (nSPS) is 51.5. The summed E-state index contributed by atoms with van der Waals surface area (Å²) in [7, 11) is 0. The molecule has 0 saturated carbocycles. The number of ether oxygens (including phenoxy) is 3. The Kier molecular flexibility index (Phi) is 2.58. The predicted octanol–water partition coefficient (Wildman–Crippen LogP) is 0.328. The minimum absolute atomic E-state index is 0.117. The molecule has 4 rings (SSSR count). The van der Waals surface area contributed by atoms with Crippen molar-refractivity contribution in [2.45, 2.75) is 56.7 Å². The Labute approximate surface area is 122 Å². The molecular weight excluding hydrogens is 276 g/mol. The average molecular weight is 294 g/mol. The second-order valence-corrected chi connectivity index (χ2v) is 6.71. The van der Waals surface area contributed by atoms with E-state index in [-0.39, 0.29) is 35.6 Å². The van der Waals surface area contributed by atoms with Crippen LogP contribution in [0.1, 0.15) is 26.7 Å². The van der Waals surface area contributed by atoms with Gasteiger partial charge in [-0.25, -0.2) is 4.79 Å². The minimum atomic E-state index is -0.876. The van der Waals surface area contributed by atoms with Gasteiger partial charge in [-0.15, -0.1) is 0 Å². The molecule has 7 atom stereocenters. The molecule has 1 N–H and O–H groups in total. The zero-order chi connectivity index (χ0) is 14.9. The number of aliphatic hydroxyl groups is 1. The number of carbonyl (C=O) groups is 2. The van der Waals surface area contributed by atoms with Gasteiger partial charge in [-0.05, 0) is 13.0 Å². The average Bonchev–Trinajstić information content (AvgIpc) is 2.73. The maximum Gasteiger partial charge on any atom is 0.337 e. The highest BCUT2D eigenvalue weighted by Crippen LogP contribution is 2.49. The summed E-state index contributed by atoms with van der Waals surface area (Å²) in [6.07, 6.45) is 0.785. The molecule has 0 aromatic heterocycles. The van der Waals surface area contributed by atoms with Crippen molar-refractivity contribution in [1.29, 1.82) is 0 Å². The number of epoxide rings is 1. The molecular formula is C15H18O6. The third-order valence-corrected chi connectivity index (χ3v) is 5.29. The van der Waals surface area contributed by atoms with Crippen LogP contribution in [0.4, 0.5) is 0 Å². The number of hydrogen-bond acceptors (Lipinski definition) is 6. The Morgan fingerprint density at radius 2 is 2.10 bits per heavy atom. The second kappa shape index (κ2) is 4.08. The molecule has 7 unspecified atom stereocenters. The van der Waals surface area contributed by atoms with E-state index < -0.39 is 23.8 Å². The summed E-state index contributed by atoms with van der Waals surface area (Å²) >= 11 is 0. The van der Waals surface area contributed by atoms with Crippen LogP contribution in [0.2, 0.25) is 0 Å². The van der Waals surface area contributed by atoms with Crippen LogP contribution in [0.5, 0.6) is 0 Å². The van der Waals surface area contributed by atoms with Crippen LogP contribution in [-0.4, -0.2) is 47.1 Å². The summed E-state index contributed by atoms with van der Waals surface area (Å²) in [5.74, 6) is -1.31. The van der Waals surface area contributed by atoms with Gasteiger partial charge in [-0.3, -0.25) is 4.79 Å². The van der Waals surface area contributed by atoms with Gasteiger partial charge >= 0.3 is 11.9 Å². The zero-order valence-corrected chi connectivity index (χ0v) is 11.9. The quantitative estimate of drug-likeness (QED) is 0.512. The van der Waals surface area contributed by atoms with Gasteiger partial charge in [0.1, 0.15) is 12.2 Å². The van der Waals surface area contributed by atoms with Crippen molar-refractivity contribution < 1.29 is 28.9 Å². The Hall–Kier alpha value is -1.40. The third-order valence-electron chi connectivity index (χ3n) is 5.29. The highest BCUT2D eigenvalue weighted by molar-refractivity contribution is 5.92. The van der Waals surface area contributed by atoms with E-state index in [1.165, 1.54) is 0 Å². The van der Waals surface area contributed by atoms with Crippen molar-refractivity contribution in [1.82, 2.24) is 0 Å². The van der Waals surface area contributed by atoms with Crippen LogP contribution in [0.3, 0.4) is 0 Å². The Bertz CT molecular complexity index is 554. The van der Waals surface area contributed by atoms with E-state index in [2.05, 4.69) is 0 Å². The molecule has 2 fully saturated rings. The summed E-state index contributed by atoms with van der Waals surface area (Å²) in [5, 5.41) is 10.2. The topological polar surface area (TPSA) is 85.4 Å². The number of esters is 2. The van der Waals surface area contributed by atoms with E-state index in [9.17, 15) is 14.7 Å². The first kappa shape index (κ1) is 13.3.